The summed E-state index contributed by atoms with van der Waals surface area (Å²) in [7, 11) is 0. The number of hydrogen-bond acceptors (Lipinski definition) is 3. The lowest BCUT2D eigenvalue weighted by atomic mass is 10.2. The minimum absolute atomic E-state index is 0.168. The third-order valence-electron chi connectivity index (χ3n) is 2.70. The first kappa shape index (κ1) is 15.6. The van der Waals surface area contributed by atoms with Gasteiger partial charge >= 0.3 is 0 Å². The lowest BCUT2D eigenvalue weighted by molar-refractivity contribution is -0.119. The van der Waals surface area contributed by atoms with Gasteiger partial charge in [-0.3, -0.25) is 4.79 Å². The van der Waals surface area contributed by atoms with Crippen molar-refractivity contribution in [2.24, 2.45) is 5.10 Å². The summed E-state index contributed by atoms with van der Waals surface area (Å²) in [6, 6.07) is 9.23. The molecule has 114 valence electrons. The smallest absolute Gasteiger partial charge is 0.259 e. The predicted molar refractivity (Wildman–Crippen MR) is 77.0 cm³/mol. The molecule has 0 bridgehead atoms. The fourth-order valence-electron chi connectivity index (χ4n) is 1.62. The minimum Gasteiger partial charge on any atom is -0.374 e. The van der Waals surface area contributed by atoms with Crippen molar-refractivity contribution in [1.29, 1.82) is 0 Å². The summed E-state index contributed by atoms with van der Waals surface area (Å²) in [6.45, 7) is -0.238. The second-order valence-corrected chi connectivity index (χ2v) is 4.26. The molecule has 2 N–H and O–H groups in total. The number of halogens is 3. The van der Waals surface area contributed by atoms with Gasteiger partial charge in [0, 0.05) is 0 Å². The average molecular weight is 307 g/mol. The second kappa shape index (κ2) is 7.26. The van der Waals surface area contributed by atoms with Crippen LogP contribution in [0.3, 0.4) is 0 Å². The summed E-state index contributed by atoms with van der Waals surface area (Å²) in [5.74, 6) is -2.66. The number of carbonyl (C=O) groups excluding carboxylic acids is 1. The van der Waals surface area contributed by atoms with Crippen molar-refractivity contribution < 1.29 is 18.0 Å². The van der Waals surface area contributed by atoms with Gasteiger partial charge in [0.1, 0.15) is 17.5 Å². The zero-order valence-corrected chi connectivity index (χ0v) is 11.3. The Morgan fingerprint density at radius 1 is 1.00 bits per heavy atom. The number of amides is 1. The molecule has 0 radical (unpaired) electrons. The highest BCUT2D eigenvalue weighted by molar-refractivity contribution is 5.84. The van der Waals surface area contributed by atoms with Gasteiger partial charge in [0.15, 0.2) is 0 Å². The van der Waals surface area contributed by atoms with Crippen LogP contribution in [0.25, 0.3) is 0 Å². The van der Waals surface area contributed by atoms with E-state index in [1.807, 2.05) is 0 Å². The van der Waals surface area contributed by atoms with E-state index in [9.17, 15) is 18.0 Å². The van der Waals surface area contributed by atoms with Gasteiger partial charge in [0.2, 0.25) is 0 Å². The third-order valence-corrected chi connectivity index (χ3v) is 2.70. The molecule has 0 aliphatic carbocycles. The molecule has 0 spiro atoms. The fourth-order valence-corrected chi connectivity index (χ4v) is 1.62. The maximum absolute atomic E-state index is 13.3. The van der Waals surface area contributed by atoms with Crippen molar-refractivity contribution in [3.05, 3.63) is 65.5 Å². The van der Waals surface area contributed by atoms with E-state index >= 15 is 0 Å². The monoisotopic (exact) mass is 307 g/mol. The third kappa shape index (κ3) is 4.08. The lowest BCUT2D eigenvalue weighted by Crippen LogP contribution is -2.26. The molecular formula is C15H12F3N3O. The molecule has 0 atom stereocenters. The number of benzene rings is 2. The van der Waals surface area contributed by atoms with Crippen molar-refractivity contribution in [3.63, 3.8) is 0 Å². The Bertz CT molecular complexity index is 684. The van der Waals surface area contributed by atoms with Gasteiger partial charge in [-0.05, 0) is 24.3 Å². The number of anilines is 1. The van der Waals surface area contributed by atoms with Crippen LogP contribution in [0.5, 0.6) is 0 Å². The number of carbonyl (C=O) groups is 1. The molecule has 4 nitrogen and oxygen atoms in total. The summed E-state index contributed by atoms with van der Waals surface area (Å²) < 4.78 is 39.9. The van der Waals surface area contributed by atoms with Crippen LogP contribution in [0.1, 0.15) is 5.56 Å². The summed E-state index contributed by atoms with van der Waals surface area (Å²) in [5.41, 5.74) is 1.90. The molecule has 2 aromatic rings. The average Bonchev–Trinajstić information content (AvgIpc) is 2.49. The van der Waals surface area contributed by atoms with Crippen LogP contribution in [-0.4, -0.2) is 18.7 Å². The topological polar surface area (TPSA) is 53.5 Å². The summed E-state index contributed by atoms with van der Waals surface area (Å²) in [4.78, 5) is 11.5. The van der Waals surface area contributed by atoms with E-state index in [1.54, 1.807) is 6.07 Å². The SMILES string of the molecule is O=C(CNc1ccccc1F)NN=Cc1c(F)cccc1F. The Labute approximate surface area is 124 Å². The van der Waals surface area contributed by atoms with Crippen molar-refractivity contribution in [2.75, 3.05) is 11.9 Å². The van der Waals surface area contributed by atoms with E-state index in [0.29, 0.717) is 0 Å². The predicted octanol–water partition coefficient (Wildman–Crippen LogP) is 2.67. The second-order valence-electron chi connectivity index (χ2n) is 4.26. The molecular weight excluding hydrogens is 295 g/mol. The van der Waals surface area contributed by atoms with Gasteiger partial charge in [-0.1, -0.05) is 18.2 Å². The molecule has 2 aromatic carbocycles. The highest BCUT2D eigenvalue weighted by atomic mass is 19.1. The van der Waals surface area contributed by atoms with E-state index < -0.39 is 23.4 Å². The van der Waals surface area contributed by atoms with Gasteiger partial charge in [-0.15, -0.1) is 0 Å². The van der Waals surface area contributed by atoms with Crippen molar-refractivity contribution in [3.8, 4) is 0 Å². The van der Waals surface area contributed by atoms with Gasteiger partial charge in [0.25, 0.3) is 5.91 Å². The molecule has 0 saturated carbocycles. The Morgan fingerprint density at radius 3 is 2.32 bits per heavy atom. The van der Waals surface area contributed by atoms with Crippen LogP contribution in [0, 0.1) is 17.5 Å². The maximum Gasteiger partial charge on any atom is 0.259 e. The normalized spacial score (nSPS) is 10.7. The molecule has 0 aromatic heterocycles. The first-order chi connectivity index (χ1) is 10.6. The van der Waals surface area contributed by atoms with Crippen LogP contribution in [0.15, 0.2) is 47.6 Å². The molecule has 0 heterocycles. The van der Waals surface area contributed by atoms with Crippen molar-refractivity contribution >= 4 is 17.8 Å². The maximum atomic E-state index is 13.3. The largest absolute Gasteiger partial charge is 0.374 e. The quantitative estimate of drug-likeness (QED) is 0.659. The number of para-hydroxylation sites is 1. The van der Waals surface area contributed by atoms with Crippen LogP contribution >= 0.6 is 0 Å². The summed E-state index contributed by atoms with van der Waals surface area (Å²) in [5, 5.41) is 6.03. The molecule has 0 fully saturated rings. The number of hydrazone groups is 1. The van der Waals surface area contributed by atoms with Gasteiger partial charge < -0.3 is 5.32 Å². The van der Waals surface area contributed by atoms with Gasteiger partial charge in [0.05, 0.1) is 24.0 Å². The zero-order valence-electron chi connectivity index (χ0n) is 11.3. The highest BCUT2D eigenvalue weighted by Gasteiger charge is 2.06. The first-order valence-electron chi connectivity index (χ1n) is 6.32. The van der Waals surface area contributed by atoms with Gasteiger partial charge in [-0.2, -0.15) is 5.10 Å². The molecule has 2 rings (SSSR count). The molecule has 22 heavy (non-hydrogen) atoms. The van der Waals surface area contributed by atoms with E-state index in [2.05, 4.69) is 15.8 Å². The lowest BCUT2D eigenvalue weighted by Gasteiger charge is -2.05. The zero-order chi connectivity index (χ0) is 15.9. The molecule has 0 unspecified atom stereocenters. The Morgan fingerprint density at radius 2 is 1.64 bits per heavy atom. The van der Waals surface area contributed by atoms with E-state index in [-0.39, 0.29) is 17.8 Å². The van der Waals surface area contributed by atoms with Crippen molar-refractivity contribution in [2.45, 2.75) is 0 Å². The Balaban J connectivity index is 1.88. The van der Waals surface area contributed by atoms with Crippen LogP contribution in [-0.2, 0) is 4.79 Å². The Hall–Kier alpha value is -2.83. The van der Waals surface area contributed by atoms with E-state index in [0.717, 1.165) is 18.3 Å². The molecule has 0 aliphatic rings. The number of nitrogens with one attached hydrogen (secondary N) is 2. The fraction of sp³-hybridized carbons (Fsp3) is 0.0667. The molecule has 1 amide bonds. The number of hydrogen-bond donors (Lipinski definition) is 2. The Kier molecular flexibility index (Phi) is 5.13. The highest BCUT2D eigenvalue weighted by Crippen LogP contribution is 2.11. The van der Waals surface area contributed by atoms with Crippen LogP contribution in [0.4, 0.5) is 18.9 Å². The number of rotatable bonds is 5. The minimum atomic E-state index is -0.789. The van der Waals surface area contributed by atoms with Crippen LogP contribution < -0.4 is 10.7 Å². The summed E-state index contributed by atoms with van der Waals surface area (Å²) in [6.07, 6.45) is 0.867. The van der Waals surface area contributed by atoms with E-state index in [4.69, 9.17) is 0 Å². The summed E-state index contributed by atoms with van der Waals surface area (Å²) >= 11 is 0. The molecule has 7 heteroatoms. The standard InChI is InChI=1S/C15H12F3N3O/c16-11-5-3-6-12(17)10(11)8-20-21-15(22)9-19-14-7-2-1-4-13(14)18/h1-8,19H,9H2,(H,21,22). The van der Waals surface area contributed by atoms with Crippen molar-refractivity contribution in [1.82, 2.24) is 5.43 Å². The first-order valence-corrected chi connectivity index (χ1v) is 6.32. The van der Waals surface area contributed by atoms with E-state index in [1.165, 1.54) is 24.3 Å². The number of nitrogens with zero attached hydrogens (tertiary/aromatic N) is 1. The molecule has 0 saturated heterocycles. The van der Waals surface area contributed by atoms with Gasteiger partial charge in [-0.25, -0.2) is 18.6 Å². The van der Waals surface area contributed by atoms with Crippen LogP contribution in [0.2, 0.25) is 0 Å². The molecule has 0 aliphatic heterocycles.